The van der Waals surface area contributed by atoms with E-state index in [4.69, 9.17) is 5.10 Å². The summed E-state index contributed by atoms with van der Waals surface area (Å²) in [5, 5.41) is 8.91. The highest BCUT2D eigenvalue weighted by molar-refractivity contribution is 7.92. The molecule has 4 aromatic heterocycles. The van der Waals surface area contributed by atoms with Gasteiger partial charge in [0.15, 0.2) is 5.82 Å². The summed E-state index contributed by atoms with van der Waals surface area (Å²) >= 11 is 0. The molecule has 0 bridgehead atoms. The second-order valence-electron chi connectivity index (χ2n) is 9.14. The Hall–Kier alpha value is -4.97. The van der Waals surface area contributed by atoms with Crippen molar-refractivity contribution in [1.82, 2.24) is 29.1 Å². The molecule has 39 heavy (non-hydrogen) atoms. The van der Waals surface area contributed by atoms with E-state index >= 15 is 0 Å². The molecule has 12 heteroatoms. The monoisotopic (exact) mass is 540 g/mol. The standard InChI is InChI=1S/C27H24N8O3S/c1-17(26-32-34-13-7-12-22(34)27(36)35(26)20-10-4-3-5-11-20)31-25-23-21(15-28-24(23)29-16-30-25)18-8-6-9-19(14-18)33-39(2,37)38/h3-17,33H,1-2H3,(H2,28,29,30,31). The van der Waals surface area contributed by atoms with Crippen LogP contribution in [0.15, 0.2) is 90.2 Å². The largest absolute Gasteiger partial charge is 0.360 e. The van der Waals surface area contributed by atoms with Gasteiger partial charge in [0.1, 0.15) is 23.3 Å². The van der Waals surface area contributed by atoms with Gasteiger partial charge in [-0.3, -0.25) is 14.1 Å². The molecule has 0 spiro atoms. The van der Waals surface area contributed by atoms with Crippen LogP contribution < -0.4 is 15.6 Å². The fourth-order valence-corrected chi connectivity index (χ4v) is 5.20. The minimum Gasteiger partial charge on any atom is -0.360 e. The van der Waals surface area contributed by atoms with Crippen LogP contribution in [0.1, 0.15) is 18.8 Å². The number of hydrogen-bond donors (Lipinski definition) is 3. The quantitative estimate of drug-likeness (QED) is 0.278. The number of aromatic nitrogens is 6. The lowest BCUT2D eigenvalue weighted by Gasteiger charge is -2.20. The molecule has 0 radical (unpaired) electrons. The Morgan fingerprint density at radius 1 is 1.00 bits per heavy atom. The normalized spacial score (nSPS) is 12.6. The van der Waals surface area contributed by atoms with E-state index in [9.17, 15) is 13.2 Å². The van der Waals surface area contributed by atoms with E-state index in [2.05, 4.69) is 25.0 Å². The molecule has 0 saturated carbocycles. The number of para-hydroxylation sites is 1. The smallest absolute Gasteiger partial charge is 0.282 e. The third-order valence-electron chi connectivity index (χ3n) is 6.29. The van der Waals surface area contributed by atoms with E-state index in [1.54, 1.807) is 51.8 Å². The number of sulfonamides is 1. The molecule has 0 aliphatic carbocycles. The molecule has 0 aliphatic rings. The van der Waals surface area contributed by atoms with Gasteiger partial charge in [-0.25, -0.2) is 22.9 Å². The minimum absolute atomic E-state index is 0.185. The zero-order valence-corrected chi connectivity index (χ0v) is 21.8. The average molecular weight is 541 g/mol. The number of anilines is 2. The number of benzene rings is 2. The van der Waals surface area contributed by atoms with Crippen molar-refractivity contribution >= 4 is 38.1 Å². The first kappa shape index (κ1) is 24.4. The van der Waals surface area contributed by atoms with Gasteiger partial charge in [-0.15, -0.1) is 0 Å². The average Bonchev–Trinajstić information content (AvgIpc) is 3.56. The van der Waals surface area contributed by atoms with E-state index in [0.29, 0.717) is 34.2 Å². The Morgan fingerprint density at radius 3 is 2.62 bits per heavy atom. The van der Waals surface area contributed by atoms with Crippen LogP contribution >= 0.6 is 0 Å². The highest BCUT2D eigenvalue weighted by Crippen LogP contribution is 2.34. The topological polar surface area (TPSA) is 139 Å². The van der Waals surface area contributed by atoms with Crippen LogP contribution in [0.4, 0.5) is 11.5 Å². The Balaban J connectivity index is 1.45. The van der Waals surface area contributed by atoms with Crippen LogP contribution in [0, 0.1) is 0 Å². The van der Waals surface area contributed by atoms with Crippen LogP contribution in [-0.4, -0.2) is 43.8 Å². The van der Waals surface area contributed by atoms with Crippen LogP contribution in [0.5, 0.6) is 0 Å². The summed E-state index contributed by atoms with van der Waals surface area (Å²) in [6.07, 6.45) is 6.11. The maximum atomic E-state index is 13.5. The SMILES string of the molecule is CC(Nc1ncnc2[nH]cc(-c3cccc(NS(C)(=O)=O)c3)c12)c1nn2cccc2c(=O)n1-c1ccccc1. The van der Waals surface area contributed by atoms with Crippen LogP contribution in [0.2, 0.25) is 0 Å². The molecule has 0 aliphatic heterocycles. The molecule has 6 aromatic rings. The number of nitrogens with zero attached hydrogens (tertiary/aromatic N) is 5. The van der Waals surface area contributed by atoms with Crippen molar-refractivity contribution in [3.05, 3.63) is 102 Å². The first-order valence-electron chi connectivity index (χ1n) is 12.1. The summed E-state index contributed by atoms with van der Waals surface area (Å²) in [6, 6.07) is 19.5. The zero-order valence-electron chi connectivity index (χ0n) is 21.0. The molecule has 0 amide bonds. The van der Waals surface area contributed by atoms with E-state index < -0.39 is 16.1 Å². The lowest BCUT2D eigenvalue weighted by atomic mass is 10.1. The Morgan fingerprint density at radius 2 is 1.82 bits per heavy atom. The lowest BCUT2D eigenvalue weighted by Crippen LogP contribution is -2.29. The van der Waals surface area contributed by atoms with Gasteiger partial charge in [0.2, 0.25) is 10.0 Å². The predicted octanol–water partition coefficient (Wildman–Crippen LogP) is 3.97. The van der Waals surface area contributed by atoms with Gasteiger partial charge in [-0.05, 0) is 48.9 Å². The second-order valence-corrected chi connectivity index (χ2v) is 10.9. The number of H-pyrrole nitrogens is 1. The molecule has 11 nitrogen and oxygen atoms in total. The summed E-state index contributed by atoms with van der Waals surface area (Å²) in [5.74, 6) is 1.03. The summed E-state index contributed by atoms with van der Waals surface area (Å²) in [6.45, 7) is 1.91. The number of rotatable bonds is 7. The third-order valence-corrected chi connectivity index (χ3v) is 6.90. The van der Waals surface area contributed by atoms with E-state index in [1.165, 1.54) is 6.33 Å². The molecule has 2 aromatic carbocycles. The number of fused-ring (bicyclic) bond motifs is 2. The molecule has 6 rings (SSSR count). The number of hydrogen-bond acceptors (Lipinski definition) is 7. The van der Waals surface area contributed by atoms with Crippen molar-refractivity contribution < 1.29 is 8.42 Å². The Kier molecular flexibility index (Phi) is 5.88. The van der Waals surface area contributed by atoms with Crippen molar-refractivity contribution in [2.24, 2.45) is 0 Å². The highest BCUT2D eigenvalue weighted by atomic mass is 32.2. The highest BCUT2D eigenvalue weighted by Gasteiger charge is 2.21. The summed E-state index contributed by atoms with van der Waals surface area (Å²) in [7, 11) is -3.43. The number of aromatic amines is 1. The van der Waals surface area contributed by atoms with Gasteiger partial charge in [0, 0.05) is 23.6 Å². The maximum absolute atomic E-state index is 13.5. The Labute approximate surface area is 223 Å². The molecule has 196 valence electrons. The third kappa shape index (κ3) is 4.61. The van der Waals surface area contributed by atoms with Gasteiger partial charge in [0.25, 0.3) is 5.56 Å². The van der Waals surface area contributed by atoms with Crippen molar-refractivity contribution in [3.63, 3.8) is 0 Å². The summed E-state index contributed by atoms with van der Waals surface area (Å²) < 4.78 is 29.2. The zero-order chi connectivity index (χ0) is 27.1. The molecule has 4 heterocycles. The Bertz CT molecular complexity index is 1990. The van der Waals surface area contributed by atoms with Gasteiger partial charge in [-0.2, -0.15) is 5.10 Å². The van der Waals surface area contributed by atoms with Crippen molar-refractivity contribution in [1.29, 1.82) is 0 Å². The first-order valence-corrected chi connectivity index (χ1v) is 14.0. The van der Waals surface area contributed by atoms with Gasteiger partial charge in [0.05, 0.1) is 23.4 Å². The van der Waals surface area contributed by atoms with Crippen molar-refractivity contribution in [2.75, 3.05) is 16.3 Å². The summed E-state index contributed by atoms with van der Waals surface area (Å²) in [4.78, 5) is 25.6. The second kappa shape index (κ2) is 9.40. The van der Waals surface area contributed by atoms with E-state index in [1.807, 2.05) is 43.3 Å². The lowest BCUT2D eigenvalue weighted by molar-refractivity contribution is 0.607. The molecular formula is C27H24N8O3S. The molecule has 1 unspecified atom stereocenters. The van der Waals surface area contributed by atoms with E-state index in [0.717, 1.165) is 22.8 Å². The number of nitrogens with one attached hydrogen (secondary N) is 3. The van der Waals surface area contributed by atoms with Crippen LogP contribution in [0.3, 0.4) is 0 Å². The predicted molar refractivity (Wildman–Crippen MR) is 151 cm³/mol. The van der Waals surface area contributed by atoms with Crippen LogP contribution in [0.25, 0.3) is 33.4 Å². The molecule has 0 saturated heterocycles. The fourth-order valence-electron chi connectivity index (χ4n) is 4.64. The summed E-state index contributed by atoms with van der Waals surface area (Å²) in [5.41, 5.74) is 3.59. The van der Waals surface area contributed by atoms with Crippen molar-refractivity contribution in [2.45, 2.75) is 13.0 Å². The molecule has 0 fully saturated rings. The van der Waals surface area contributed by atoms with E-state index in [-0.39, 0.29) is 5.56 Å². The van der Waals surface area contributed by atoms with Gasteiger partial charge < -0.3 is 10.3 Å². The fraction of sp³-hybridized carbons (Fsp3) is 0.111. The molecular weight excluding hydrogens is 516 g/mol. The first-order chi connectivity index (χ1) is 18.8. The van der Waals surface area contributed by atoms with Gasteiger partial charge >= 0.3 is 0 Å². The maximum Gasteiger partial charge on any atom is 0.282 e. The van der Waals surface area contributed by atoms with Crippen molar-refractivity contribution in [3.8, 4) is 16.8 Å². The van der Waals surface area contributed by atoms with Crippen LogP contribution in [-0.2, 0) is 10.0 Å². The minimum atomic E-state index is -3.43. The van der Waals surface area contributed by atoms with Gasteiger partial charge in [-0.1, -0.05) is 30.3 Å². The molecule has 1 atom stereocenters. The molecule has 3 N–H and O–H groups in total.